The Bertz CT molecular complexity index is 1050. The highest BCUT2D eigenvalue weighted by Crippen LogP contribution is 2.48. The predicted molar refractivity (Wildman–Crippen MR) is 153 cm³/mol. The van der Waals surface area contributed by atoms with Gasteiger partial charge < -0.3 is 20.4 Å². The first-order valence-electron chi connectivity index (χ1n) is 14.3. The molecule has 2 saturated heterocycles. The molecule has 0 radical (unpaired) electrons. The molecule has 1 atom stereocenters. The molecule has 1 aliphatic carbocycles. The third-order valence-corrected chi connectivity index (χ3v) is 9.18. The van der Waals surface area contributed by atoms with Gasteiger partial charge in [0.25, 0.3) is 0 Å². The van der Waals surface area contributed by atoms with Crippen molar-refractivity contribution in [3.8, 4) is 0 Å². The summed E-state index contributed by atoms with van der Waals surface area (Å²) in [6.07, 6.45) is 9.43. The summed E-state index contributed by atoms with van der Waals surface area (Å²) in [4.78, 5) is 17.6. The van der Waals surface area contributed by atoms with Gasteiger partial charge in [-0.15, -0.1) is 15.3 Å². The molecule has 3 fully saturated rings. The normalized spacial score (nSPS) is 24.4. The summed E-state index contributed by atoms with van der Waals surface area (Å²) in [5.41, 5.74) is 0.884. The number of hydrogen-bond acceptors (Lipinski definition) is 9. The maximum atomic E-state index is 12.8. The Morgan fingerprint density at radius 2 is 1.74 bits per heavy atom. The lowest BCUT2D eigenvalue weighted by Gasteiger charge is -2.46. The molecule has 3 aliphatic rings. The standard InChI is InChI=1S/C28H44N8OS/c1-27(2)15-21(16-28(3,4)19-27)17-35-11-7-20(8-12-35)14-24(37)31-26-34-33-25(38-26)30-22-9-13-36(18-22)23-6-5-10-29-32-23/h5-6,10,20-22H,7-9,11-19H2,1-4H3,(H,30,33)(H,31,34,37). The average Bonchev–Trinajstić information content (AvgIpc) is 3.49. The van der Waals surface area contributed by atoms with Crippen LogP contribution in [0.25, 0.3) is 0 Å². The molecular formula is C28H44N8OS. The average molecular weight is 541 g/mol. The van der Waals surface area contributed by atoms with Crippen LogP contribution in [0.4, 0.5) is 16.1 Å². The zero-order valence-electron chi connectivity index (χ0n) is 23.4. The van der Waals surface area contributed by atoms with Crippen molar-refractivity contribution in [2.45, 2.75) is 78.7 Å². The predicted octanol–water partition coefficient (Wildman–Crippen LogP) is 4.91. The summed E-state index contributed by atoms with van der Waals surface area (Å²) in [5, 5.41) is 24.4. The van der Waals surface area contributed by atoms with Crippen LogP contribution in [-0.2, 0) is 4.79 Å². The minimum Gasteiger partial charge on any atom is -0.355 e. The van der Waals surface area contributed by atoms with Gasteiger partial charge in [-0.25, -0.2) is 0 Å². The molecule has 9 nitrogen and oxygen atoms in total. The molecule has 0 spiro atoms. The Balaban J connectivity index is 1.02. The van der Waals surface area contributed by atoms with E-state index in [1.165, 1.54) is 37.1 Å². The van der Waals surface area contributed by atoms with E-state index in [9.17, 15) is 4.79 Å². The second kappa shape index (κ2) is 11.4. The van der Waals surface area contributed by atoms with Gasteiger partial charge in [0.1, 0.15) is 0 Å². The lowest BCUT2D eigenvalue weighted by molar-refractivity contribution is -0.117. The Hall–Kier alpha value is -2.33. The fraction of sp³-hybridized carbons (Fsp3) is 0.750. The Morgan fingerprint density at radius 3 is 2.45 bits per heavy atom. The number of rotatable bonds is 8. The number of hydrogen-bond donors (Lipinski definition) is 2. The summed E-state index contributed by atoms with van der Waals surface area (Å²) in [5.74, 6) is 2.18. The number of carbonyl (C=O) groups is 1. The van der Waals surface area contributed by atoms with Crippen LogP contribution in [0.5, 0.6) is 0 Å². The van der Waals surface area contributed by atoms with Gasteiger partial charge >= 0.3 is 0 Å². The van der Waals surface area contributed by atoms with Gasteiger partial charge in [0.15, 0.2) is 5.82 Å². The minimum absolute atomic E-state index is 0.0524. The van der Waals surface area contributed by atoms with Crippen LogP contribution in [-0.4, -0.2) is 70.0 Å². The van der Waals surface area contributed by atoms with Crippen LogP contribution < -0.4 is 15.5 Å². The largest absolute Gasteiger partial charge is 0.355 e. The first-order valence-corrected chi connectivity index (χ1v) is 15.1. The minimum atomic E-state index is 0.0524. The maximum Gasteiger partial charge on any atom is 0.226 e. The van der Waals surface area contributed by atoms with Crippen LogP contribution in [0, 0.1) is 22.7 Å². The van der Waals surface area contributed by atoms with Gasteiger partial charge in [0.05, 0.1) is 0 Å². The maximum absolute atomic E-state index is 12.8. The van der Waals surface area contributed by atoms with Gasteiger partial charge in [0.2, 0.25) is 16.2 Å². The highest BCUT2D eigenvalue weighted by atomic mass is 32.1. The summed E-state index contributed by atoms with van der Waals surface area (Å²) in [6, 6.07) is 4.16. The van der Waals surface area contributed by atoms with Crippen molar-refractivity contribution in [1.29, 1.82) is 0 Å². The molecule has 1 unspecified atom stereocenters. The number of aromatic nitrogens is 4. The van der Waals surface area contributed by atoms with Gasteiger partial charge in [0, 0.05) is 38.3 Å². The molecule has 2 aromatic rings. The smallest absolute Gasteiger partial charge is 0.226 e. The van der Waals surface area contributed by atoms with Gasteiger partial charge in [-0.05, 0) is 86.4 Å². The van der Waals surface area contributed by atoms with Crippen molar-refractivity contribution in [1.82, 2.24) is 25.3 Å². The Morgan fingerprint density at radius 1 is 1.00 bits per heavy atom. The second-order valence-corrected chi connectivity index (χ2v) is 14.3. The first-order chi connectivity index (χ1) is 18.1. The molecule has 5 rings (SSSR count). The summed E-state index contributed by atoms with van der Waals surface area (Å²) < 4.78 is 0. The van der Waals surface area contributed by atoms with Crippen LogP contribution in [0.15, 0.2) is 18.3 Å². The van der Waals surface area contributed by atoms with E-state index in [1.807, 2.05) is 12.1 Å². The van der Waals surface area contributed by atoms with Gasteiger partial charge in [-0.1, -0.05) is 39.0 Å². The van der Waals surface area contributed by atoms with Gasteiger partial charge in [-0.3, -0.25) is 4.79 Å². The number of carbonyl (C=O) groups excluding carboxylic acids is 1. The molecule has 1 saturated carbocycles. The topological polar surface area (TPSA) is 99.2 Å². The number of piperidine rings is 1. The number of amides is 1. The molecule has 2 aromatic heterocycles. The van der Waals surface area contributed by atoms with E-state index in [2.05, 4.69) is 68.5 Å². The van der Waals surface area contributed by atoms with Crippen molar-refractivity contribution >= 4 is 33.3 Å². The van der Waals surface area contributed by atoms with E-state index < -0.39 is 0 Å². The van der Waals surface area contributed by atoms with Crippen molar-refractivity contribution < 1.29 is 4.79 Å². The Labute approximate surface area is 231 Å². The highest BCUT2D eigenvalue weighted by molar-refractivity contribution is 7.19. The fourth-order valence-corrected chi connectivity index (χ4v) is 8.17. The van der Waals surface area contributed by atoms with Crippen molar-refractivity contribution in [2.24, 2.45) is 22.7 Å². The third kappa shape index (κ3) is 7.40. The summed E-state index contributed by atoms with van der Waals surface area (Å²) >= 11 is 1.41. The molecule has 0 bridgehead atoms. The van der Waals surface area contributed by atoms with Crippen LogP contribution in [0.2, 0.25) is 0 Å². The third-order valence-electron chi connectivity index (χ3n) is 8.41. The van der Waals surface area contributed by atoms with E-state index in [4.69, 9.17) is 0 Å². The highest BCUT2D eigenvalue weighted by Gasteiger charge is 2.39. The second-order valence-electron chi connectivity index (χ2n) is 13.3. The van der Waals surface area contributed by atoms with E-state index in [1.54, 1.807) is 6.20 Å². The van der Waals surface area contributed by atoms with E-state index in [0.717, 1.165) is 62.3 Å². The van der Waals surface area contributed by atoms with E-state index in [-0.39, 0.29) is 11.9 Å². The molecule has 2 aliphatic heterocycles. The molecule has 1 amide bonds. The monoisotopic (exact) mass is 540 g/mol. The molecule has 2 N–H and O–H groups in total. The lowest BCUT2D eigenvalue weighted by atomic mass is 9.61. The quantitative estimate of drug-likeness (QED) is 0.487. The first kappa shape index (κ1) is 27.2. The van der Waals surface area contributed by atoms with Crippen LogP contribution in [0.3, 0.4) is 0 Å². The number of nitrogens with zero attached hydrogens (tertiary/aromatic N) is 6. The Kier molecular flexibility index (Phi) is 8.19. The SMILES string of the molecule is CC1(C)CC(CN2CCC(CC(=O)Nc3nnc(NC4CCN(c5cccnn5)C4)s3)CC2)CC(C)(C)C1. The summed E-state index contributed by atoms with van der Waals surface area (Å²) in [6.45, 7) is 14.9. The molecule has 10 heteroatoms. The van der Waals surface area contributed by atoms with Crippen molar-refractivity contribution in [3.63, 3.8) is 0 Å². The number of anilines is 3. The number of nitrogens with one attached hydrogen (secondary N) is 2. The zero-order chi connectivity index (χ0) is 26.8. The molecular weight excluding hydrogens is 496 g/mol. The molecule has 208 valence electrons. The molecule has 4 heterocycles. The molecule has 0 aromatic carbocycles. The number of likely N-dealkylation sites (tertiary alicyclic amines) is 1. The zero-order valence-corrected chi connectivity index (χ0v) is 24.3. The van der Waals surface area contributed by atoms with Crippen molar-refractivity contribution in [3.05, 3.63) is 18.3 Å². The van der Waals surface area contributed by atoms with Crippen LogP contribution in [0.1, 0.15) is 72.6 Å². The lowest BCUT2D eigenvalue weighted by Crippen LogP contribution is -2.42. The van der Waals surface area contributed by atoms with Gasteiger partial charge in [-0.2, -0.15) is 5.10 Å². The molecule has 38 heavy (non-hydrogen) atoms. The van der Waals surface area contributed by atoms with Crippen LogP contribution >= 0.6 is 11.3 Å². The van der Waals surface area contributed by atoms with Crippen molar-refractivity contribution in [2.75, 3.05) is 48.3 Å². The van der Waals surface area contributed by atoms with E-state index in [0.29, 0.717) is 28.3 Å². The fourth-order valence-electron chi connectivity index (χ4n) is 7.43. The summed E-state index contributed by atoms with van der Waals surface area (Å²) in [7, 11) is 0. The van der Waals surface area contributed by atoms with E-state index >= 15 is 0 Å².